The normalized spacial score (nSPS) is 17.7. The zero-order chi connectivity index (χ0) is 23.4. The van der Waals surface area contributed by atoms with Gasteiger partial charge in [0.05, 0.1) is 42.4 Å². The lowest BCUT2D eigenvalue weighted by Gasteiger charge is -2.21. The van der Waals surface area contributed by atoms with E-state index in [0.29, 0.717) is 34.4 Å². The van der Waals surface area contributed by atoms with E-state index in [2.05, 4.69) is 15.2 Å². The molecule has 0 saturated carbocycles. The molecule has 2 aromatic rings. The average molecular weight is 491 g/mol. The van der Waals surface area contributed by atoms with E-state index in [0.717, 1.165) is 18.1 Å². The number of carbonyl (C=O) groups is 3. The van der Waals surface area contributed by atoms with E-state index in [-0.39, 0.29) is 24.8 Å². The number of carbonyl (C=O) groups excluding carboxylic acids is 3. The standard InChI is InChI=1S/C22H23ClN4O5S/c1-31-20(28)9-8-19-24-10-11-26(19)14-2-4-15(5-3-14)27-13-16(32-22(27)30)12-25-21(29)17-6-7-18(23)33-17/h2-7,16H,8-13H2,1H3,(H,25,29)/t16-/m0/s1. The maximum Gasteiger partial charge on any atom is 0.414 e. The summed E-state index contributed by atoms with van der Waals surface area (Å²) in [6.45, 7) is 1.95. The topological polar surface area (TPSA) is 101 Å². The molecule has 4 rings (SSSR count). The van der Waals surface area contributed by atoms with Crippen LogP contribution in [0, 0.1) is 0 Å². The summed E-state index contributed by atoms with van der Waals surface area (Å²) in [6.07, 6.45) is -0.117. The molecular weight excluding hydrogens is 468 g/mol. The van der Waals surface area contributed by atoms with Gasteiger partial charge in [0.2, 0.25) is 0 Å². The Morgan fingerprint density at radius 3 is 2.61 bits per heavy atom. The molecule has 2 aliphatic heterocycles. The minimum Gasteiger partial charge on any atom is -0.469 e. The fourth-order valence-corrected chi connectivity index (χ4v) is 4.64. The van der Waals surface area contributed by atoms with Gasteiger partial charge in [-0.25, -0.2) is 4.79 Å². The lowest BCUT2D eigenvalue weighted by atomic mass is 10.2. The number of amides is 2. The molecule has 0 spiro atoms. The molecule has 2 aliphatic rings. The summed E-state index contributed by atoms with van der Waals surface area (Å²) in [7, 11) is 1.37. The first kappa shape index (κ1) is 23.1. The smallest absolute Gasteiger partial charge is 0.414 e. The first-order valence-corrected chi connectivity index (χ1v) is 11.6. The molecule has 1 aromatic carbocycles. The van der Waals surface area contributed by atoms with Crippen molar-refractivity contribution in [3.63, 3.8) is 0 Å². The number of thiophene rings is 1. The van der Waals surface area contributed by atoms with Crippen molar-refractivity contribution in [1.82, 2.24) is 5.32 Å². The highest BCUT2D eigenvalue weighted by atomic mass is 35.5. The Balaban J connectivity index is 1.33. The predicted molar refractivity (Wildman–Crippen MR) is 127 cm³/mol. The summed E-state index contributed by atoms with van der Waals surface area (Å²) in [5.74, 6) is 0.329. The number of benzene rings is 1. The molecule has 2 amide bonds. The lowest BCUT2D eigenvalue weighted by Crippen LogP contribution is -2.34. The number of rotatable bonds is 8. The molecule has 9 nitrogen and oxygen atoms in total. The molecule has 1 saturated heterocycles. The Morgan fingerprint density at radius 1 is 1.21 bits per heavy atom. The molecule has 11 heteroatoms. The monoisotopic (exact) mass is 490 g/mol. The number of methoxy groups -OCH3 is 1. The van der Waals surface area contributed by atoms with E-state index in [1.807, 2.05) is 24.3 Å². The van der Waals surface area contributed by atoms with Crippen LogP contribution in [0.2, 0.25) is 4.34 Å². The van der Waals surface area contributed by atoms with E-state index in [1.165, 1.54) is 18.4 Å². The number of amidine groups is 1. The van der Waals surface area contributed by atoms with E-state index >= 15 is 0 Å². The van der Waals surface area contributed by atoms with Crippen molar-refractivity contribution >= 4 is 58.1 Å². The van der Waals surface area contributed by atoms with Crippen LogP contribution in [0.25, 0.3) is 0 Å². The Bertz CT molecular complexity index is 1070. The highest BCUT2D eigenvalue weighted by Gasteiger charge is 2.33. The third kappa shape index (κ3) is 5.45. The maximum atomic E-state index is 12.4. The van der Waals surface area contributed by atoms with Gasteiger partial charge >= 0.3 is 12.1 Å². The van der Waals surface area contributed by atoms with Crippen LogP contribution in [0.4, 0.5) is 16.2 Å². The Kier molecular flexibility index (Phi) is 7.14. The molecule has 0 radical (unpaired) electrons. The fourth-order valence-electron chi connectivity index (χ4n) is 3.68. The molecule has 0 unspecified atom stereocenters. The van der Waals surface area contributed by atoms with E-state index in [9.17, 15) is 14.4 Å². The van der Waals surface area contributed by atoms with Gasteiger partial charge in [0.1, 0.15) is 11.9 Å². The summed E-state index contributed by atoms with van der Waals surface area (Å²) >= 11 is 7.06. The molecule has 1 aromatic heterocycles. The minimum atomic E-state index is -0.456. The van der Waals surface area contributed by atoms with Crippen LogP contribution in [-0.4, -0.2) is 63.2 Å². The molecule has 3 heterocycles. The second kappa shape index (κ2) is 10.2. The average Bonchev–Trinajstić information content (AvgIpc) is 3.56. The summed E-state index contributed by atoms with van der Waals surface area (Å²) in [5, 5.41) is 2.78. The van der Waals surface area contributed by atoms with Crippen molar-refractivity contribution < 1.29 is 23.9 Å². The van der Waals surface area contributed by atoms with Crippen molar-refractivity contribution in [3.8, 4) is 0 Å². The van der Waals surface area contributed by atoms with Gasteiger partial charge in [-0.05, 0) is 36.4 Å². The zero-order valence-electron chi connectivity index (χ0n) is 18.0. The zero-order valence-corrected chi connectivity index (χ0v) is 19.5. The van der Waals surface area contributed by atoms with Gasteiger partial charge in [-0.3, -0.25) is 19.5 Å². The van der Waals surface area contributed by atoms with Crippen molar-refractivity contribution in [2.45, 2.75) is 18.9 Å². The van der Waals surface area contributed by atoms with Crippen molar-refractivity contribution in [2.75, 3.05) is 43.1 Å². The molecule has 33 heavy (non-hydrogen) atoms. The summed E-state index contributed by atoms with van der Waals surface area (Å²) in [5.41, 5.74) is 1.64. The lowest BCUT2D eigenvalue weighted by molar-refractivity contribution is -0.140. The first-order valence-electron chi connectivity index (χ1n) is 10.4. The van der Waals surface area contributed by atoms with E-state index in [1.54, 1.807) is 17.0 Å². The Morgan fingerprint density at radius 2 is 1.94 bits per heavy atom. The van der Waals surface area contributed by atoms with Crippen LogP contribution < -0.4 is 15.1 Å². The number of nitrogens with zero attached hydrogens (tertiary/aromatic N) is 3. The van der Waals surface area contributed by atoms with Crippen LogP contribution in [0.3, 0.4) is 0 Å². The third-order valence-corrected chi connectivity index (χ3v) is 6.57. The van der Waals surface area contributed by atoms with Gasteiger partial charge in [0, 0.05) is 24.3 Å². The van der Waals surface area contributed by atoms with Crippen molar-refractivity contribution in [3.05, 3.63) is 45.6 Å². The molecule has 1 fully saturated rings. The maximum absolute atomic E-state index is 12.4. The second-order valence-electron chi connectivity index (χ2n) is 7.47. The first-order chi connectivity index (χ1) is 15.9. The number of aliphatic imine (C=N–C) groups is 1. The van der Waals surface area contributed by atoms with Crippen LogP contribution in [0.15, 0.2) is 41.4 Å². The van der Waals surface area contributed by atoms with Crippen LogP contribution >= 0.6 is 22.9 Å². The fraction of sp³-hybridized carbons (Fsp3) is 0.364. The highest BCUT2D eigenvalue weighted by Crippen LogP contribution is 2.27. The largest absolute Gasteiger partial charge is 0.469 e. The van der Waals surface area contributed by atoms with Gasteiger partial charge in [0.15, 0.2) is 0 Å². The Hall–Kier alpha value is -3.11. The van der Waals surface area contributed by atoms with Gasteiger partial charge in [-0.1, -0.05) is 11.6 Å². The second-order valence-corrected chi connectivity index (χ2v) is 9.19. The van der Waals surface area contributed by atoms with Gasteiger partial charge < -0.3 is 19.7 Å². The number of anilines is 2. The molecule has 1 N–H and O–H groups in total. The van der Waals surface area contributed by atoms with Crippen LogP contribution in [0.5, 0.6) is 0 Å². The summed E-state index contributed by atoms with van der Waals surface area (Å²) in [6, 6.07) is 10.8. The highest BCUT2D eigenvalue weighted by molar-refractivity contribution is 7.18. The molecule has 0 bridgehead atoms. The summed E-state index contributed by atoms with van der Waals surface area (Å²) < 4.78 is 10.7. The minimum absolute atomic E-state index is 0.211. The Labute approximate surface area is 199 Å². The molecule has 1 atom stereocenters. The molecule has 174 valence electrons. The van der Waals surface area contributed by atoms with Gasteiger partial charge in [-0.2, -0.15) is 0 Å². The van der Waals surface area contributed by atoms with Crippen LogP contribution in [0.1, 0.15) is 22.5 Å². The quantitative estimate of drug-likeness (QED) is 0.570. The number of cyclic esters (lactones) is 1. The number of hydrogen-bond donors (Lipinski definition) is 1. The number of ether oxygens (including phenoxy) is 2. The third-order valence-electron chi connectivity index (χ3n) is 5.34. The molecular formula is C22H23ClN4O5S. The van der Waals surface area contributed by atoms with Crippen LogP contribution in [-0.2, 0) is 14.3 Å². The SMILES string of the molecule is COC(=O)CCC1=NCCN1c1ccc(N2C[C@H](CNC(=O)c3ccc(Cl)s3)OC2=O)cc1. The van der Waals surface area contributed by atoms with Gasteiger partial charge in [-0.15, -0.1) is 11.3 Å². The van der Waals surface area contributed by atoms with Crippen molar-refractivity contribution in [1.29, 1.82) is 0 Å². The number of hydrogen-bond acceptors (Lipinski definition) is 8. The number of esters is 1. The van der Waals surface area contributed by atoms with Gasteiger partial charge in [0.25, 0.3) is 5.91 Å². The van der Waals surface area contributed by atoms with E-state index < -0.39 is 12.2 Å². The summed E-state index contributed by atoms with van der Waals surface area (Å²) in [4.78, 5) is 44.6. The number of halogens is 1. The van der Waals surface area contributed by atoms with Crippen molar-refractivity contribution in [2.24, 2.45) is 4.99 Å². The number of nitrogens with one attached hydrogen (secondary N) is 1. The molecule has 0 aliphatic carbocycles. The predicted octanol–water partition coefficient (Wildman–Crippen LogP) is 3.33. The van der Waals surface area contributed by atoms with E-state index in [4.69, 9.17) is 21.1 Å².